The molecule has 0 fully saturated rings. The van der Waals surface area contributed by atoms with Crippen molar-refractivity contribution in [3.05, 3.63) is 61.0 Å². The van der Waals surface area contributed by atoms with Gasteiger partial charge in [-0.05, 0) is 62.9 Å². The Morgan fingerprint density at radius 2 is 1.74 bits per heavy atom. The molecule has 3 aromatic rings. The average Bonchev–Trinajstić information content (AvgIpc) is 2.92. The van der Waals surface area contributed by atoms with Gasteiger partial charge in [0.2, 0.25) is 5.78 Å². The predicted octanol–water partition coefficient (Wildman–Crippen LogP) is 3.57. The fourth-order valence-corrected chi connectivity index (χ4v) is 4.10. The molecule has 3 rings (SSSR count). The predicted molar refractivity (Wildman–Crippen MR) is 105 cm³/mol. The molecule has 140 valence electrons. The summed E-state index contributed by atoms with van der Waals surface area (Å²) in [6.45, 7) is 8.79. The van der Waals surface area contributed by atoms with Crippen LogP contribution in [0.4, 0.5) is 0 Å². The van der Waals surface area contributed by atoms with Gasteiger partial charge in [-0.15, -0.1) is 11.3 Å². The van der Waals surface area contributed by atoms with E-state index < -0.39 is 5.97 Å². The number of hydrogen-bond donors (Lipinski definition) is 1. The molecule has 0 saturated carbocycles. The molecule has 7 heteroatoms. The first-order chi connectivity index (χ1) is 12.7. The zero-order chi connectivity index (χ0) is 19.9. The third-order valence-electron chi connectivity index (χ3n) is 4.58. The van der Waals surface area contributed by atoms with Crippen LogP contribution in [0.15, 0.2) is 16.9 Å². The van der Waals surface area contributed by atoms with Gasteiger partial charge < -0.3 is 9.72 Å². The van der Waals surface area contributed by atoms with Crippen molar-refractivity contribution in [2.75, 3.05) is 6.61 Å². The highest BCUT2D eigenvalue weighted by Gasteiger charge is 2.21. The van der Waals surface area contributed by atoms with Crippen LogP contribution in [0.2, 0.25) is 0 Å². The summed E-state index contributed by atoms with van der Waals surface area (Å²) in [4.78, 5) is 44.7. The van der Waals surface area contributed by atoms with E-state index in [0.717, 1.165) is 28.0 Å². The minimum absolute atomic E-state index is 0.255. The topological polar surface area (TPSA) is 89.1 Å². The summed E-state index contributed by atoms with van der Waals surface area (Å²) in [5, 5.41) is 0.383. The number of hydrogen-bond acceptors (Lipinski definition) is 6. The zero-order valence-corrected chi connectivity index (χ0v) is 16.7. The van der Waals surface area contributed by atoms with Gasteiger partial charge in [-0.1, -0.05) is 6.07 Å². The minimum Gasteiger partial charge on any atom is -0.453 e. The lowest BCUT2D eigenvalue weighted by molar-refractivity contribution is 0.0479. The van der Waals surface area contributed by atoms with Crippen molar-refractivity contribution in [1.82, 2.24) is 9.97 Å². The summed E-state index contributed by atoms with van der Waals surface area (Å²) in [5.74, 6) is -0.397. The van der Waals surface area contributed by atoms with E-state index >= 15 is 0 Å². The molecule has 0 aliphatic rings. The highest BCUT2D eigenvalue weighted by atomic mass is 32.1. The number of aromatic amines is 1. The average molecular weight is 384 g/mol. The second kappa shape index (κ2) is 7.08. The van der Waals surface area contributed by atoms with Gasteiger partial charge in [-0.25, -0.2) is 9.78 Å². The molecule has 0 amide bonds. The number of rotatable bonds is 4. The second-order valence-corrected chi connectivity index (χ2v) is 7.64. The number of Topliss-reactive ketones (excluding diaryl/α,β-unsaturated/α-hetero) is 1. The van der Waals surface area contributed by atoms with Gasteiger partial charge in [0.25, 0.3) is 5.56 Å². The van der Waals surface area contributed by atoms with Gasteiger partial charge in [-0.3, -0.25) is 9.59 Å². The van der Waals surface area contributed by atoms with E-state index in [2.05, 4.69) is 9.97 Å². The van der Waals surface area contributed by atoms with Gasteiger partial charge in [-0.2, -0.15) is 0 Å². The Hall–Kier alpha value is -2.80. The summed E-state index contributed by atoms with van der Waals surface area (Å²) in [6, 6.07) is 3.76. The number of benzene rings is 1. The molecular weight excluding hydrogens is 364 g/mol. The molecule has 27 heavy (non-hydrogen) atoms. The molecule has 1 aromatic carbocycles. The van der Waals surface area contributed by atoms with E-state index in [-0.39, 0.29) is 17.9 Å². The number of aryl methyl sites for hydroxylation is 5. The largest absolute Gasteiger partial charge is 0.453 e. The monoisotopic (exact) mass is 384 g/mol. The maximum Gasteiger partial charge on any atom is 0.349 e. The molecule has 6 nitrogen and oxygen atoms in total. The number of H-pyrrole nitrogens is 1. The second-order valence-electron chi connectivity index (χ2n) is 6.64. The number of carbonyl (C=O) groups is 2. The van der Waals surface area contributed by atoms with Crippen LogP contribution in [0.5, 0.6) is 0 Å². The number of fused-ring (bicyclic) bond motifs is 1. The van der Waals surface area contributed by atoms with Gasteiger partial charge >= 0.3 is 5.97 Å². The maximum atomic E-state index is 12.5. The Morgan fingerprint density at radius 3 is 2.44 bits per heavy atom. The van der Waals surface area contributed by atoms with Crippen LogP contribution in [0, 0.1) is 34.6 Å². The Balaban J connectivity index is 1.82. The fraction of sp³-hybridized carbons (Fsp3) is 0.300. The number of ether oxygens (including phenoxy) is 1. The van der Waals surface area contributed by atoms with E-state index in [9.17, 15) is 14.4 Å². The third kappa shape index (κ3) is 3.55. The van der Waals surface area contributed by atoms with Gasteiger partial charge in [0, 0.05) is 5.56 Å². The first kappa shape index (κ1) is 19.0. The van der Waals surface area contributed by atoms with Crippen LogP contribution >= 0.6 is 11.3 Å². The summed E-state index contributed by atoms with van der Waals surface area (Å²) in [7, 11) is 0. The van der Waals surface area contributed by atoms with Crippen LogP contribution < -0.4 is 5.56 Å². The van der Waals surface area contributed by atoms with Crippen molar-refractivity contribution in [2.45, 2.75) is 34.6 Å². The normalized spacial score (nSPS) is 11.0. The van der Waals surface area contributed by atoms with E-state index in [1.807, 2.05) is 32.9 Å². The lowest BCUT2D eigenvalue weighted by Crippen LogP contribution is -2.15. The standard InChI is InChI=1S/C20H20N2O4S/c1-9-6-11(3)14(7-10(9)2)15(23)8-26-20(25)17-12(4)16-18(24)21-13(5)22-19(16)27-17/h6-7H,8H2,1-5H3,(H,21,22,24). The minimum atomic E-state index is -0.623. The van der Waals surface area contributed by atoms with Crippen LogP contribution in [0.25, 0.3) is 10.2 Å². The first-order valence-corrected chi connectivity index (χ1v) is 9.29. The zero-order valence-electron chi connectivity index (χ0n) is 15.9. The van der Waals surface area contributed by atoms with Crippen molar-refractivity contribution < 1.29 is 14.3 Å². The summed E-state index contributed by atoms with van der Waals surface area (Å²) in [6.07, 6.45) is 0. The molecule has 2 aromatic heterocycles. The van der Waals surface area contributed by atoms with Crippen molar-refractivity contribution in [3.8, 4) is 0 Å². The van der Waals surface area contributed by atoms with E-state index in [1.165, 1.54) is 0 Å². The lowest BCUT2D eigenvalue weighted by atomic mass is 9.98. The summed E-state index contributed by atoms with van der Waals surface area (Å²) < 4.78 is 5.23. The van der Waals surface area contributed by atoms with Gasteiger partial charge in [0.1, 0.15) is 15.5 Å². The molecule has 0 atom stereocenters. The molecule has 0 aliphatic carbocycles. The molecule has 0 aliphatic heterocycles. The Labute approximate surface area is 160 Å². The Kier molecular flexibility index (Phi) is 4.97. The molecule has 0 unspecified atom stereocenters. The molecule has 2 heterocycles. The van der Waals surface area contributed by atoms with Gasteiger partial charge in [0.05, 0.1) is 5.39 Å². The van der Waals surface area contributed by atoms with Crippen molar-refractivity contribution in [2.24, 2.45) is 0 Å². The Morgan fingerprint density at radius 1 is 1.07 bits per heavy atom. The number of nitrogens with zero attached hydrogens (tertiary/aromatic N) is 1. The number of ketones is 1. The SMILES string of the molecule is Cc1nc2sc(C(=O)OCC(=O)c3cc(C)c(C)cc3C)c(C)c2c(=O)[nH]1. The van der Waals surface area contributed by atoms with Crippen molar-refractivity contribution in [1.29, 1.82) is 0 Å². The number of esters is 1. The summed E-state index contributed by atoms with van der Waals surface area (Å²) >= 11 is 1.10. The molecular formula is C20H20N2O4S. The van der Waals surface area contributed by atoms with E-state index in [1.54, 1.807) is 13.8 Å². The molecule has 1 N–H and O–H groups in total. The molecule has 0 saturated heterocycles. The van der Waals surface area contributed by atoms with Gasteiger partial charge in [0.15, 0.2) is 6.61 Å². The number of thiophene rings is 1. The van der Waals surface area contributed by atoms with Crippen LogP contribution in [0.3, 0.4) is 0 Å². The molecule has 0 bridgehead atoms. The molecule has 0 radical (unpaired) electrons. The van der Waals surface area contributed by atoms with Crippen LogP contribution in [0.1, 0.15) is 48.1 Å². The first-order valence-electron chi connectivity index (χ1n) is 8.47. The smallest absolute Gasteiger partial charge is 0.349 e. The highest BCUT2D eigenvalue weighted by Crippen LogP contribution is 2.27. The van der Waals surface area contributed by atoms with Crippen LogP contribution in [-0.2, 0) is 4.74 Å². The number of aromatic nitrogens is 2. The fourth-order valence-electron chi connectivity index (χ4n) is 2.98. The molecule has 0 spiro atoms. The lowest BCUT2D eigenvalue weighted by Gasteiger charge is -2.09. The third-order valence-corrected chi connectivity index (χ3v) is 5.75. The van der Waals surface area contributed by atoms with Crippen LogP contribution in [-0.4, -0.2) is 28.3 Å². The van der Waals surface area contributed by atoms with Crippen molar-refractivity contribution in [3.63, 3.8) is 0 Å². The van der Waals surface area contributed by atoms with Crippen molar-refractivity contribution >= 4 is 33.3 Å². The Bertz CT molecular complexity index is 1140. The number of carbonyl (C=O) groups excluding carboxylic acids is 2. The highest BCUT2D eigenvalue weighted by molar-refractivity contribution is 7.20. The van der Waals surface area contributed by atoms with E-state index in [4.69, 9.17) is 4.74 Å². The van der Waals surface area contributed by atoms with E-state index in [0.29, 0.717) is 32.0 Å². The quantitative estimate of drug-likeness (QED) is 0.549. The number of nitrogens with one attached hydrogen (secondary N) is 1. The maximum absolute atomic E-state index is 12.5. The summed E-state index contributed by atoms with van der Waals surface area (Å²) in [5.41, 5.74) is 3.75.